The number of aromatic nitrogens is 1. The second-order valence-corrected chi connectivity index (χ2v) is 11.9. The van der Waals surface area contributed by atoms with Crippen LogP contribution in [0.2, 0.25) is 0 Å². The highest BCUT2D eigenvalue weighted by molar-refractivity contribution is 6.14. The Morgan fingerprint density at radius 2 is 1.76 bits per heavy atom. The zero-order valence-corrected chi connectivity index (χ0v) is 25.0. The fourth-order valence-corrected chi connectivity index (χ4v) is 7.01. The Balaban J connectivity index is 1.58. The van der Waals surface area contributed by atoms with Crippen molar-refractivity contribution in [2.45, 2.75) is 53.0 Å². The molecule has 41 heavy (non-hydrogen) atoms. The summed E-state index contributed by atoms with van der Waals surface area (Å²) in [6, 6.07) is 14.1. The van der Waals surface area contributed by atoms with E-state index in [1.807, 2.05) is 66.1 Å². The smallest absolute Gasteiger partial charge is 0.256 e. The Kier molecular flexibility index (Phi) is 6.81. The second kappa shape index (κ2) is 10.2. The number of aryl methyl sites for hydroxylation is 1. The molecule has 4 heterocycles. The third-order valence-electron chi connectivity index (χ3n) is 8.89. The number of ether oxygens (including phenoxy) is 1. The number of hydrogen-bond acceptors (Lipinski definition) is 4. The lowest BCUT2D eigenvalue weighted by molar-refractivity contribution is -0.119. The van der Waals surface area contributed by atoms with Gasteiger partial charge < -0.3 is 24.4 Å². The lowest BCUT2D eigenvalue weighted by atomic mass is 9.85. The molecule has 3 aromatic rings. The van der Waals surface area contributed by atoms with Crippen molar-refractivity contribution in [1.82, 2.24) is 14.8 Å². The zero-order valence-electron chi connectivity index (χ0n) is 25.0. The van der Waals surface area contributed by atoms with Crippen LogP contribution in [-0.4, -0.2) is 71.5 Å². The van der Waals surface area contributed by atoms with Gasteiger partial charge in [0.15, 0.2) is 0 Å². The Hall–Kier alpha value is -3.84. The third-order valence-corrected chi connectivity index (χ3v) is 8.89. The molecule has 2 aromatic carbocycles. The van der Waals surface area contributed by atoms with Gasteiger partial charge in [-0.3, -0.25) is 9.59 Å². The highest BCUT2D eigenvalue weighted by Crippen LogP contribution is 2.54. The topological polar surface area (TPSA) is 68.9 Å². The van der Waals surface area contributed by atoms with E-state index < -0.39 is 11.5 Å². The van der Waals surface area contributed by atoms with Crippen molar-refractivity contribution in [2.24, 2.45) is 0 Å². The summed E-state index contributed by atoms with van der Waals surface area (Å²) in [6.45, 7) is 16.9. The van der Waals surface area contributed by atoms with E-state index in [0.717, 1.165) is 70.3 Å². The monoisotopic (exact) mass is 552 g/mol. The van der Waals surface area contributed by atoms with Crippen LogP contribution in [0, 0.1) is 6.92 Å². The van der Waals surface area contributed by atoms with Crippen LogP contribution in [0.25, 0.3) is 16.8 Å². The molecule has 0 spiro atoms. The summed E-state index contributed by atoms with van der Waals surface area (Å²) < 4.78 is 6.02. The number of anilines is 1. The fourth-order valence-electron chi connectivity index (χ4n) is 7.01. The summed E-state index contributed by atoms with van der Waals surface area (Å²) in [6.07, 6.45) is 2.16. The first-order valence-electron chi connectivity index (χ1n) is 14.8. The molecule has 2 amide bonds. The Bertz CT molecular complexity index is 1540. The standard InChI is InChI=1S/C34H40N4O3/c1-7-36-14-16-37(17-15-36)32(39)27-22(4)35-30(23-12-10-9-11-13-23)29(27)28-26-19-24(41-8-2)18-25-21(3)20-34(5,6)38(31(25)26)33(28)40/h9-13,18-20,28,35H,7-8,14-17H2,1-6H3. The van der Waals surface area contributed by atoms with E-state index in [0.29, 0.717) is 25.3 Å². The molecule has 0 aliphatic carbocycles. The highest BCUT2D eigenvalue weighted by atomic mass is 16.5. The van der Waals surface area contributed by atoms with E-state index in [9.17, 15) is 9.59 Å². The van der Waals surface area contributed by atoms with Crippen molar-refractivity contribution in [1.29, 1.82) is 0 Å². The number of aromatic amines is 1. The number of hydrogen-bond donors (Lipinski definition) is 1. The summed E-state index contributed by atoms with van der Waals surface area (Å²) in [5, 5.41) is 0. The van der Waals surface area contributed by atoms with E-state index in [1.165, 1.54) is 0 Å². The van der Waals surface area contributed by atoms with E-state index >= 15 is 0 Å². The van der Waals surface area contributed by atoms with E-state index in [1.54, 1.807) is 0 Å². The van der Waals surface area contributed by atoms with Gasteiger partial charge in [0.25, 0.3) is 5.91 Å². The maximum absolute atomic E-state index is 14.7. The van der Waals surface area contributed by atoms with Crippen LogP contribution in [0.1, 0.15) is 73.3 Å². The molecule has 0 saturated carbocycles. The molecule has 1 saturated heterocycles. The minimum atomic E-state index is -0.640. The predicted molar refractivity (Wildman–Crippen MR) is 164 cm³/mol. The molecule has 6 rings (SSSR count). The van der Waals surface area contributed by atoms with Crippen LogP contribution in [0.4, 0.5) is 5.69 Å². The normalized spacial score (nSPS) is 19.8. The molecule has 1 unspecified atom stereocenters. The van der Waals surface area contributed by atoms with Gasteiger partial charge in [-0.05, 0) is 70.0 Å². The Morgan fingerprint density at radius 1 is 1.05 bits per heavy atom. The van der Waals surface area contributed by atoms with Crippen molar-refractivity contribution < 1.29 is 14.3 Å². The summed E-state index contributed by atoms with van der Waals surface area (Å²) >= 11 is 0. The first kappa shape index (κ1) is 27.3. The molecule has 1 atom stereocenters. The molecule has 3 aliphatic rings. The maximum Gasteiger partial charge on any atom is 0.256 e. The van der Waals surface area contributed by atoms with Crippen molar-refractivity contribution in [3.63, 3.8) is 0 Å². The van der Waals surface area contributed by atoms with Crippen LogP contribution in [0.15, 0.2) is 48.5 Å². The summed E-state index contributed by atoms with van der Waals surface area (Å²) in [7, 11) is 0. The molecule has 0 radical (unpaired) electrons. The maximum atomic E-state index is 14.7. The van der Waals surface area contributed by atoms with Crippen molar-refractivity contribution in [3.05, 3.63) is 76.5 Å². The van der Waals surface area contributed by atoms with Gasteiger partial charge in [0.1, 0.15) is 5.75 Å². The SMILES string of the molecule is CCOc1cc2c3c(c1)C(c1c(-c4ccccc4)[nH]c(C)c1C(=O)N1CCN(CC)CC1)C(=O)N3C(C)(C)C=C2C. The van der Waals surface area contributed by atoms with E-state index in [-0.39, 0.29) is 11.8 Å². The molecular weight excluding hydrogens is 512 g/mol. The van der Waals surface area contributed by atoms with Gasteiger partial charge >= 0.3 is 0 Å². The van der Waals surface area contributed by atoms with E-state index in [2.05, 4.69) is 43.7 Å². The van der Waals surface area contributed by atoms with Gasteiger partial charge in [0.05, 0.1) is 35.0 Å². The Labute approximate surface area is 242 Å². The lowest BCUT2D eigenvalue weighted by Crippen LogP contribution is -2.49. The summed E-state index contributed by atoms with van der Waals surface area (Å²) in [5.74, 6) is 0.0815. The number of piperazine rings is 1. The van der Waals surface area contributed by atoms with Crippen LogP contribution < -0.4 is 9.64 Å². The van der Waals surface area contributed by atoms with Gasteiger partial charge in [-0.15, -0.1) is 0 Å². The number of amides is 2. The summed E-state index contributed by atoms with van der Waals surface area (Å²) in [4.78, 5) is 38.9. The quantitative estimate of drug-likeness (QED) is 0.417. The molecule has 7 nitrogen and oxygen atoms in total. The minimum Gasteiger partial charge on any atom is -0.494 e. The van der Waals surface area contributed by atoms with Crippen molar-refractivity contribution in [2.75, 3.05) is 44.2 Å². The number of likely N-dealkylation sites (N-methyl/N-ethyl adjacent to an activating group) is 1. The average Bonchev–Trinajstić information content (AvgIpc) is 3.45. The Morgan fingerprint density at radius 3 is 2.41 bits per heavy atom. The lowest BCUT2D eigenvalue weighted by Gasteiger charge is -2.39. The largest absolute Gasteiger partial charge is 0.494 e. The molecule has 0 bridgehead atoms. The fraction of sp³-hybridized carbons (Fsp3) is 0.412. The summed E-state index contributed by atoms with van der Waals surface area (Å²) in [5.41, 5.74) is 7.41. The molecule has 1 fully saturated rings. The first-order chi connectivity index (χ1) is 19.7. The van der Waals surface area contributed by atoms with Crippen LogP contribution in [-0.2, 0) is 4.79 Å². The van der Waals surface area contributed by atoms with Gasteiger partial charge in [-0.25, -0.2) is 0 Å². The van der Waals surface area contributed by atoms with Crippen LogP contribution in [0.3, 0.4) is 0 Å². The number of carbonyl (C=O) groups excluding carboxylic acids is 2. The van der Waals surface area contributed by atoms with Gasteiger partial charge in [-0.2, -0.15) is 0 Å². The number of allylic oxidation sites excluding steroid dienone is 1. The predicted octanol–water partition coefficient (Wildman–Crippen LogP) is 5.84. The van der Waals surface area contributed by atoms with E-state index in [4.69, 9.17) is 4.74 Å². The number of carbonyl (C=O) groups is 2. The molecular formula is C34H40N4O3. The van der Waals surface area contributed by atoms with Gasteiger partial charge in [-0.1, -0.05) is 43.3 Å². The van der Waals surface area contributed by atoms with Crippen molar-refractivity contribution in [3.8, 4) is 17.0 Å². The van der Waals surface area contributed by atoms with Crippen LogP contribution in [0.5, 0.6) is 5.75 Å². The number of H-pyrrole nitrogens is 1. The molecule has 7 heteroatoms. The third kappa shape index (κ3) is 4.38. The molecule has 1 aromatic heterocycles. The first-order valence-corrected chi connectivity index (χ1v) is 14.8. The molecule has 214 valence electrons. The number of rotatable bonds is 6. The average molecular weight is 553 g/mol. The van der Waals surface area contributed by atoms with Crippen LogP contribution >= 0.6 is 0 Å². The van der Waals surface area contributed by atoms with Gasteiger partial charge in [0, 0.05) is 43.0 Å². The molecule has 3 aliphatic heterocycles. The molecule has 1 N–H and O–H groups in total. The van der Waals surface area contributed by atoms with Gasteiger partial charge in [0.2, 0.25) is 5.91 Å². The highest BCUT2D eigenvalue weighted by Gasteiger charge is 2.50. The second-order valence-electron chi connectivity index (χ2n) is 11.9. The van der Waals surface area contributed by atoms with Crippen molar-refractivity contribution >= 4 is 23.1 Å². The number of nitrogens with one attached hydrogen (secondary N) is 1. The number of nitrogens with zero attached hydrogens (tertiary/aromatic N) is 3. The number of benzene rings is 2. The minimum absolute atomic E-state index is 0.00955. The zero-order chi connectivity index (χ0) is 29.1.